The average molecular weight is 400 g/mol. The van der Waals surface area contributed by atoms with Crippen LogP contribution in [0.15, 0.2) is 59.9 Å². The van der Waals surface area contributed by atoms with Crippen molar-refractivity contribution in [3.8, 4) is 17.0 Å². The molecule has 0 saturated heterocycles. The van der Waals surface area contributed by atoms with E-state index in [4.69, 9.17) is 16.3 Å². The number of hydrogen-bond donors (Lipinski definition) is 1. The van der Waals surface area contributed by atoms with Crippen LogP contribution in [0.5, 0.6) is 5.75 Å². The standard InChI is InChI=1S/C20H18ClN3O2S/c1-13(26-18-5-3-2-4-16(18)21)19(25)22-15-8-6-14(7-9-15)17-12-24-10-11-27-20(24)23-17/h2-9,12-13H,10-11H2,1H3,(H,22,25). The Labute approximate surface area is 166 Å². The smallest absolute Gasteiger partial charge is 0.265 e. The van der Waals surface area contributed by atoms with Gasteiger partial charge in [-0.05, 0) is 31.2 Å². The Hall–Kier alpha value is -2.44. The highest BCUT2D eigenvalue weighted by atomic mass is 35.5. The number of carbonyl (C=O) groups is 1. The molecule has 5 nitrogen and oxygen atoms in total. The molecule has 0 spiro atoms. The van der Waals surface area contributed by atoms with Crippen molar-refractivity contribution in [2.24, 2.45) is 0 Å². The summed E-state index contributed by atoms with van der Waals surface area (Å²) in [6.07, 6.45) is 1.40. The van der Waals surface area contributed by atoms with Crippen LogP contribution in [0, 0.1) is 0 Å². The van der Waals surface area contributed by atoms with Crippen LogP contribution in [-0.2, 0) is 11.3 Å². The van der Waals surface area contributed by atoms with E-state index in [2.05, 4.69) is 21.1 Å². The highest BCUT2D eigenvalue weighted by Crippen LogP contribution is 2.29. The summed E-state index contributed by atoms with van der Waals surface area (Å²) in [5.41, 5.74) is 2.68. The summed E-state index contributed by atoms with van der Waals surface area (Å²) in [7, 11) is 0. The molecular formula is C20H18ClN3O2S. The van der Waals surface area contributed by atoms with Crippen molar-refractivity contribution in [2.75, 3.05) is 11.1 Å². The topological polar surface area (TPSA) is 56.1 Å². The predicted octanol–water partition coefficient (Wildman–Crippen LogP) is 4.72. The number of aryl methyl sites for hydroxylation is 1. The van der Waals surface area contributed by atoms with Crippen molar-refractivity contribution in [1.29, 1.82) is 0 Å². The zero-order valence-corrected chi connectivity index (χ0v) is 16.3. The van der Waals surface area contributed by atoms with Crippen LogP contribution in [0.2, 0.25) is 5.02 Å². The number of nitrogens with zero attached hydrogens (tertiary/aromatic N) is 2. The van der Waals surface area contributed by atoms with E-state index < -0.39 is 6.10 Å². The number of ether oxygens (including phenoxy) is 1. The maximum atomic E-state index is 12.4. The molecular weight excluding hydrogens is 382 g/mol. The Morgan fingerprint density at radius 2 is 2.04 bits per heavy atom. The molecule has 1 aliphatic heterocycles. The van der Waals surface area contributed by atoms with E-state index in [1.54, 1.807) is 30.8 Å². The zero-order chi connectivity index (χ0) is 18.8. The molecule has 0 saturated carbocycles. The molecule has 1 N–H and O–H groups in total. The van der Waals surface area contributed by atoms with E-state index in [1.807, 2.05) is 36.4 Å². The molecule has 7 heteroatoms. The van der Waals surface area contributed by atoms with Crippen LogP contribution in [-0.4, -0.2) is 27.3 Å². The van der Waals surface area contributed by atoms with Gasteiger partial charge in [-0.3, -0.25) is 4.79 Å². The van der Waals surface area contributed by atoms with E-state index in [1.165, 1.54) is 0 Å². The summed E-state index contributed by atoms with van der Waals surface area (Å²) in [5.74, 6) is 1.34. The van der Waals surface area contributed by atoms with Crippen LogP contribution < -0.4 is 10.1 Å². The third kappa shape index (κ3) is 3.96. The molecule has 0 fully saturated rings. The molecule has 1 unspecified atom stereocenters. The predicted molar refractivity (Wildman–Crippen MR) is 109 cm³/mol. The normalized spacial score (nSPS) is 13.9. The maximum absolute atomic E-state index is 12.4. The van der Waals surface area contributed by atoms with Gasteiger partial charge in [0.1, 0.15) is 5.75 Å². The van der Waals surface area contributed by atoms with Crippen LogP contribution in [0.3, 0.4) is 0 Å². The number of imidazole rings is 1. The second-order valence-electron chi connectivity index (χ2n) is 6.21. The largest absolute Gasteiger partial charge is 0.479 e. The first-order chi connectivity index (χ1) is 13.1. The summed E-state index contributed by atoms with van der Waals surface area (Å²) >= 11 is 7.84. The monoisotopic (exact) mass is 399 g/mol. The van der Waals surface area contributed by atoms with Gasteiger partial charge >= 0.3 is 0 Å². The van der Waals surface area contributed by atoms with Gasteiger partial charge in [0.2, 0.25) is 0 Å². The van der Waals surface area contributed by atoms with Crippen molar-refractivity contribution in [3.05, 3.63) is 59.8 Å². The Morgan fingerprint density at radius 3 is 2.78 bits per heavy atom. The molecule has 4 rings (SSSR count). The molecule has 2 heterocycles. The fraction of sp³-hybridized carbons (Fsp3) is 0.200. The second kappa shape index (κ2) is 7.66. The molecule has 1 aromatic heterocycles. The Bertz CT molecular complexity index is 950. The molecule has 1 atom stereocenters. The third-order valence-electron chi connectivity index (χ3n) is 4.26. The maximum Gasteiger partial charge on any atom is 0.265 e. The number of anilines is 1. The Kier molecular flexibility index (Phi) is 5.09. The van der Waals surface area contributed by atoms with Gasteiger partial charge in [0.05, 0.1) is 10.7 Å². The highest BCUT2D eigenvalue weighted by molar-refractivity contribution is 7.99. The minimum Gasteiger partial charge on any atom is -0.479 e. The van der Waals surface area contributed by atoms with Gasteiger partial charge in [0.25, 0.3) is 5.91 Å². The van der Waals surface area contributed by atoms with E-state index >= 15 is 0 Å². The fourth-order valence-electron chi connectivity index (χ4n) is 2.80. The van der Waals surface area contributed by atoms with E-state index in [9.17, 15) is 4.79 Å². The van der Waals surface area contributed by atoms with Crippen molar-refractivity contribution >= 4 is 35.0 Å². The van der Waals surface area contributed by atoms with Gasteiger partial charge in [0, 0.05) is 29.7 Å². The zero-order valence-electron chi connectivity index (χ0n) is 14.7. The molecule has 1 amide bonds. The lowest BCUT2D eigenvalue weighted by Gasteiger charge is -2.15. The van der Waals surface area contributed by atoms with Gasteiger partial charge in [-0.1, -0.05) is 47.6 Å². The number of benzene rings is 2. The number of halogens is 1. The minimum absolute atomic E-state index is 0.236. The highest BCUT2D eigenvalue weighted by Gasteiger charge is 2.17. The number of para-hydroxylation sites is 1. The SMILES string of the molecule is CC(Oc1ccccc1Cl)C(=O)Nc1ccc(-c2cn3c(n2)SCC3)cc1. The average Bonchev–Trinajstić information content (AvgIpc) is 3.26. The van der Waals surface area contributed by atoms with Crippen LogP contribution in [0.25, 0.3) is 11.3 Å². The van der Waals surface area contributed by atoms with Gasteiger partial charge in [-0.2, -0.15) is 0 Å². The van der Waals surface area contributed by atoms with Crippen molar-refractivity contribution in [1.82, 2.24) is 9.55 Å². The summed E-state index contributed by atoms with van der Waals surface area (Å²) in [6.45, 7) is 2.70. The van der Waals surface area contributed by atoms with Crippen molar-refractivity contribution in [2.45, 2.75) is 24.7 Å². The molecule has 0 bridgehead atoms. The summed E-state index contributed by atoms with van der Waals surface area (Å²) in [4.78, 5) is 17.0. The second-order valence-corrected chi connectivity index (χ2v) is 7.68. The van der Waals surface area contributed by atoms with Gasteiger partial charge in [-0.15, -0.1) is 0 Å². The first kappa shape index (κ1) is 17.9. The van der Waals surface area contributed by atoms with E-state index in [0.29, 0.717) is 16.5 Å². The van der Waals surface area contributed by atoms with Crippen LogP contribution >= 0.6 is 23.4 Å². The van der Waals surface area contributed by atoms with E-state index in [0.717, 1.165) is 28.7 Å². The number of amides is 1. The summed E-state index contributed by atoms with van der Waals surface area (Å²) in [5, 5.41) is 4.40. The number of carbonyl (C=O) groups excluding carboxylic acids is 1. The lowest BCUT2D eigenvalue weighted by Crippen LogP contribution is -2.30. The Morgan fingerprint density at radius 1 is 1.26 bits per heavy atom. The van der Waals surface area contributed by atoms with Crippen LogP contribution in [0.1, 0.15) is 6.92 Å². The van der Waals surface area contributed by atoms with Gasteiger partial charge in [0.15, 0.2) is 11.3 Å². The molecule has 1 aliphatic rings. The minimum atomic E-state index is -0.669. The third-order valence-corrected chi connectivity index (χ3v) is 5.54. The molecule has 2 aromatic carbocycles. The molecule has 0 aliphatic carbocycles. The number of rotatable bonds is 5. The number of thioether (sulfide) groups is 1. The van der Waals surface area contributed by atoms with Gasteiger partial charge in [-0.25, -0.2) is 4.98 Å². The van der Waals surface area contributed by atoms with Crippen LogP contribution in [0.4, 0.5) is 5.69 Å². The molecule has 3 aromatic rings. The van der Waals surface area contributed by atoms with Crippen molar-refractivity contribution < 1.29 is 9.53 Å². The summed E-state index contributed by atoms with van der Waals surface area (Å²) in [6, 6.07) is 14.7. The first-order valence-electron chi connectivity index (χ1n) is 8.62. The molecule has 27 heavy (non-hydrogen) atoms. The van der Waals surface area contributed by atoms with Gasteiger partial charge < -0.3 is 14.6 Å². The molecule has 0 radical (unpaired) electrons. The number of hydrogen-bond acceptors (Lipinski definition) is 4. The Balaban J connectivity index is 1.40. The lowest BCUT2D eigenvalue weighted by molar-refractivity contribution is -0.122. The number of aromatic nitrogens is 2. The number of nitrogens with one attached hydrogen (secondary N) is 1. The molecule has 138 valence electrons. The fourth-order valence-corrected chi connectivity index (χ4v) is 3.92. The summed E-state index contributed by atoms with van der Waals surface area (Å²) < 4.78 is 7.82. The lowest BCUT2D eigenvalue weighted by atomic mass is 10.1. The first-order valence-corrected chi connectivity index (χ1v) is 9.99. The quantitative estimate of drug-likeness (QED) is 0.674. The van der Waals surface area contributed by atoms with Crippen molar-refractivity contribution in [3.63, 3.8) is 0 Å². The number of fused-ring (bicyclic) bond motifs is 1. The van der Waals surface area contributed by atoms with E-state index in [-0.39, 0.29) is 5.91 Å².